The van der Waals surface area contributed by atoms with Crippen molar-refractivity contribution in [1.82, 2.24) is 12.3 Å². The number of nitrogens with zero attached hydrogens (tertiary/aromatic N) is 6. The number of isothiocyanates is 6. The van der Waals surface area contributed by atoms with Gasteiger partial charge in [-0.1, -0.05) is 73.3 Å². The molecule has 0 aliphatic rings. The Labute approximate surface area is 289 Å². The van der Waals surface area contributed by atoms with Crippen molar-refractivity contribution in [1.29, 1.82) is 0 Å². The van der Waals surface area contributed by atoms with Gasteiger partial charge in [0.05, 0.1) is 0 Å². The summed E-state index contributed by atoms with van der Waals surface area (Å²) in [6.07, 6.45) is 9.28. The second-order valence-electron chi connectivity index (χ2n) is 5.12. The number of hydrogen-bond donors (Lipinski definition) is 2. The van der Waals surface area contributed by atoms with Gasteiger partial charge in [-0.15, -0.1) is 0 Å². The molecule has 0 saturated heterocycles. The minimum atomic E-state index is -2.67. The Balaban J connectivity index is -0.0000000194. The van der Waals surface area contributed by atoms with Gasteiger partial charge in [-0.05, 0) is 0 Å². The Morgan fingerprint density at radius 1 is 0.341 bits per heavy atom. The van der Waals surface area contributed by atoms with Gasteiger partial charge in [0.1, 0.15) is 39.3 Å². The fraction of sp³-hybridized carbons (Fsp3) is 0.571. The minimum absolute atomic E-state index is 0. The zero-order valence-corrected chi connectivity index (χ0v) is 34.3. The molecule has 0 aromatic carbocycles. The summed E-state index contributed by atoms with van der Waals surface area (Å²) < 4.78 is 77.1. The molecule has 0 rings (SSSR count). The smallest absolute Gasteiger partial charge is 0.144 e. The number of rotatable bonds is 0. The van der Waals surface area contributed by atoms with E-state index in [4.69, 9.17) is 32.5 Å². The van der Waals surface area contributed by atoms with Crippen LogP contribution in [0.4, 0.5) is 0 Å². The quantitative estimate of drug-likeness (QED) is 0.260. The van der Waals surface area contributed by atoms with E-state index >= 15 is 0 Å². The average molecular weight is 947 g/mol. The number of quaternary nitrogens is 2. The van der Waals surface area contributed by atoms with E-state index in [2.05, 4.69) is 73.3 Å². The van der Waals surface area contributed by atoms with E-state index in [1.807, 2.05) is 0 Å². The van der Waals surface area contributed by atoms with Crippen LogP contribution in [0.2, 0.25) is 0 Å². The second-order valence-corrected chi connectivity index (χ2v) is 15.4. The zero-order chi connectivity index (χ0) is 34.2. The molecule has 16 nitrogen and oxygen atoms in total. The normalized spacial score (nSPS) is 6.83. The van der Waals surface area contributed by atoms with E-state index in [0.29, 0.717) is 0 Å². The summed E-state index contributed by atoms with van der Waals surface area (Å²) in [4.78, 5) is 0. The van der Waals surface area contributed by atoms with Crippen LogP contribution in [-0.4, -0.2) is 115 Å². The summed E-state index contributed by atoms with van der Waals surface area (Å²) in [5.41, 5.74) is 0. The molecule has 41 heavy (non-hydrogen) atoms. The van der Waals surface area contributed by atoms with Crippen LogP contribution >= 0.6 is 73.3 Å². The molecule has 0 aliphatic carbocycles. The summed E-state index contributed by atoms with van der Waals surface area (Å²) >= 11 is 22.2. The monoisotopic (exact) mass is 947 g/mol. The van der Waals surface area contributed by atoms with Gasteiger partial charge in [-0.3, -0.25) is 0 Å². The molecule has 0 aromatic rings. The summed E-state index contributed by atoms with van der Waals surface area (Å²) in [7, 11) is -10.7. The van der Waals surface area contributed by atoms with Crippen molar-refractivity contribution in [3.8, 4) is 0 Å². The Morgan fingerprint density at radius 3 is 0.341 bits per heavy atom. The topological polar surface area (TPSA) is 343 Å². The molecule has 0 atom stereocenters. The van der Waals surface area contributed by atoms with Gasteiger partial charge in [-0.2, -0.15) is 31.0 Å². The van der Waals surface area contributed by atoms with E-state index in [1.54, 1.807) is 0 Å². The predicted molar refractivity (Wildman–Crippen MR) is 191 cm³/mol. The first-order chi connectivity index (χ1) is 16.5. The van der Waals surface area contributed by atoms with Crippen LogP contribution in [0.5, 0.6) is 0 Å². The van der Waals surface area contributed by atoms with E-state index in [-0.39, 0.29) is 32.7 Å². The van der Waals surface area contributed by atoms with Crippen molar-refractivity contribution < 1.29 is 54.1 Å². The summed E-state index contributed by atoms with van der Waals surface area (Å²) in [5, 5.41) is 50.8. The maximum Gasteiger partial charge on any atom is 0.144 e. The van der Waals surface area contributed by atoms with Crippen LogP contribution < -0.4 is 12.3 Å². The van der Waals surface area contributed by atoms with Crippen LogP contribution in [0, 0.1) is 0 Å². The van der Waals surface area contributed by atoms with Gasteiger partial charge in [-0.25, -0.2) is 33.7 Å². The number of hydrogen-bond acceptors (Lipinski definition) is 14. The van der Waals surface area contributed by atoms with E-state index in [1.165, 1.54) is 31.0 Å². The van der Waals surface area contributed by atoms with Crippen LogP contribution in [0.15, 0.2) is 0 Å². The Morgan fingerprint density at radius 2 is 0.341 bits per heavy atom. The first-order valence-corrected chi connectivity index (χ1v) is 18.8. The number of thiocarbonyl (C=S) groups is 6. The van der Waals surface area contributed by atoms with Crippen molar-refractivity contribution in [2.45, 2.75) is 0 Å². The summed E-state index contributed by atoms with van der Waals surface area (Å²) in [6.45, 7) is 0. The van der Waals surface area contributed by atoms with E-state index in [9.17, 15) is 33.7 Å². The molecule has 0 spiro atoms. The third kappa shape index (κ3) is 81000. The van der Waals surface area contributed by atoms with Crippen molar-refractivity contribution in [2.24, 2.45) is 0 Å². The predicted octanol–water partition coefficient (Wildman–Crippen LogP) is 3.34. The van der Waals surface area contributed by atoms with Crippen LogP contribution in [0.3, 0.4) is 0 Å². The fourth-order valence-electron chi connectivity index (χ4n) is 0. The maximum atomic E-state index is 9.63. The van der Waals surface area contributed by atoms with Gasteiger partial charge in [0.25, 0.3) is 0 Å². The van der Waals surface area contributed by atoms with Gasteiger partial charge in [0.2, 0.25) is 0 Å². The zero-order valence-electron chi connectivity index (χ0n) is 23.4. The molecule has 0 bridgehead atoms. The van der Waals surface area contributed by atoms with Crippen molar-refractivity contribution >= 4 is 144 Å². The fourth-order valence-corrected chi connectivity index (χ4v) is 0. The van der Waals surface area contributed by atoms with Crippen LogP contribution in [0.1, 0.15) is 0 Å². The van der Waals surface area contributed by atoms with Gasteiger partial charge in [0.15, 0.2) is 0 Å². The molecule has 8 N–H and O–H groups in total. The molecule has 0 amide bonds. The van der Waals surface area contributed by atoms with Gasteiger partial charge < -0.3 is 44.8 Å². The third-order valence-corrected chi connectivity index (χ3v) is 0. The van der Waals surface area contributed by atoms with E-state index in [0.717, 1.165) is 50.0 Å². The summed E-state index contributed by atoms with van der Waals surface area (Å²) in [5.74, 6) is 0. The molecule has 1 radical (unpaired) electrons. The molecule has 0 fully saturated rings. The van der Waals surface area contributed by atoms with Crippen molar-refractivity contribution in [2.75, 3.05) is 50.0 Å². The Hall–Kier alpha value is -0.818. The molecule has 0 unspecified atom stereocenters. The summed E-state index contributed by atoms with van der Waals surface area (Å²) in [6, 6.07) is 0. The maximum absolute atomic E-state index is 9.63. The van der Waals surface area contributed by atoms with Crippen molar-refractivity contribution in [3.05, 3.63) is 32.5 Å². The Kier molecular flexibility index (Phi) is 137. The second kappa shape index (κ2) is 67.1. The first kappa shape index (κ1) is 83.5. The minimum Gasteiger partial charge on any atom is -0.753 e. The molecule has 0 heterocycles. The van der Waals surface area contributed by atoms with E-state index < -0.39 is 39.3 Å². The molecular formula is C14H32N8O8ReS10-4. The number of sulfone groups is 4. The standard InChI is InChI=1S/4C2H6O2S.6CNS.2H3N.Re/c4*1-5(2,3)4;6*2-1-3;;;/h4*1-2H3;;;;;;;2*1H3;/q;;;;6*-1;;;/p+2. The van der Waals surface area contributed by atoms with Crippen LogP contribution in [0.25, 0.3) is 32.5 Å². The molecular weight excluding hydrogens is 915 g/mol. The van der Waals surface area contributed by atoms with Gasteiger partial charge >= 0.3 is 0 Å². The van der Waals surface area contributed by atoms with Crippen molar-refractivity contribution in [3.63, 3.8) is 0 Å². The molecule has 27 heteroatoms. The molecule has 0 aliphatic heterocycles. The molecule has 0 saturated carbocycles. The largest absolute Gasteiger partial charge is 0.753 e. The first-order valence-electron chi connectivity index (χ1n) is 7.17. The Bertz CT molecular complexity index is 940. The van der Waals surface area contributed by atoms with Gasteiger partial charge in [0, 0.05) is 70.5 Å². The third-order valence-electron chi connectivity index (χ3n) is 0. The average Bonchev–Trinajstić information content (AvgIpc) is 2.52. The molecule has 0 aromatic heterocycles. The SMILES string of the molecule is CS(C)(=O)=O.CS(C)(=O)=O.CS(C)(=O)=O.CS(C)(=O)=O.[N-]=C=S.[N-]=C=S.[N-]=C=S.[N-]=C=S.[N-]=C=S.[N-]=C=S.[NH4+].[NH4+].[Re]. The molecule has 247 valence electrons. The van der Waals surface area contributed by atoms with Crippen LogP contribution in [-0.2, 0) is 59.8 Å².